The van der Waals surface area contributed by atoms with Crippen LogP contribution in [0.5, 0.6) is 11.5 Å². The van der Waals surface area contributed by atoms with Crippen molar-refractivity contribution in [1.82, 2.24) is 5.32 Å². The normalized spacial score (nSPS) is 18.5. The minimum Gasteiger partial charge on any atom is -0.543 e. The van der Waals surface area contributed by atoms with Crippen molar-refractivity contribution in [3.05, 3.63) is 22.8 Å². The zero-order valence-corrected chi connectivity index (χ0v) is 24.7. The van der Waals surface area contributed by atoms with Crippen molar-refractivity contribution in [2.45, 2.75) is 83.8 Å². The number of esters is 1. The fraction of sp³-hybridized carbons (Fsp3) is 0.654. The van der Waals surface area contributed by atoms with Crippen LogP contribution in [0.25, 0.3) is 0 Å². The van der Waals surface area contributed by atoms with Crippen molar-refractivity contribution in [3.8, 4) is 11.5 Å². The summed E-state index contributed by atoms with van der Waals surface area (Å²) in [6.07, 6.45) is 1.29. The Kier molecular flexibility index (Phi) is 10.3. The number of amides is 2. The first-order valence-corrected chi connectivity index (χ1v) is 16.5. The molecule has 1 aromatic carbocycles. The number of primary amides is 1. The van der Waals surface area contributed by atoms with E-state index in [2.05, 4.69) is 46.1 Å². The predicted molar refractivity (Wildman–Crippen MR) is 146 cm³/mol. The minimum atomic E-state index is -2.34. The number of carbonyl (C=O) groups excluding carboxylic acids is 3. The summed E-state index contributed by atoms with van der Waals surface area (Å²) in [5, 5.41) is 2.67. The molecule has 1 aromatic rings. The van der Waals surface area contributed by atoms with Crippen LogP contribution in [0.15, 0.2) is 6.07 Å². The average molecular weight is 539 g/mol. The highest BCUT2D eigenvalue weighted by atomic mass is 32.2. The van der Waals surface area contributed by atoms with Gasteiger partial charge in [-0.25, -0.2) is 4.79 Å². The van der Waals surface area contributed by atoms with E-state index in [9.17, 15) is 14.4 Å². The van der Waals surface area contributed by atoms with Crippen molar-refractivity contribution in [3.63, 3.8) is 0 Å². The number of nitrogens with two attached hydrogens (primary N) is 1. The quantitative estimate of drug-likeness (QED) is 0.402. The van der Waals surface area contributed by atoms with E-state index in [4.69, 9.17) is 19.6 Å². The Bertz CT molecular complexity index is 980. The summed E-state index contributed by atoms with van der Waals surface area (Å²) >= 11 is 1.41. The molecular weight excluding hydrogens is 496 g/mol. The molecule has 3 N–H and O–H groups in total. The van der Waals surface area contributed by atoms with E-state index < -0.39 is 26.2 Å². The summed E-state index contributed by atoms with van der Waals surface area (Å²) in [7, 11) is -0.770. The van der Waals surface area contributed by atoms with Gasteiger partial charge in [0, 0.05) is 35.1 Å². The molecule has 36 heavy (non-hydrogen) atoms. The Labute approximate surface area is 220 Å². The van der Waals surface area contributed by atoms with Crippen LogP contribution in [0.3, 0.4) is 0 Å². The highest BCUT2D eigenvalue weighted by molar-refractivity contribution is 7.98. The molecule has 1 aliphatic heterocycles. The highest BCUT2D eigenvalue weighted by Gasteiger charge is 2.45. The molecule has 0 spiro atoms. The summed E-state index contributed by atoms with van der Waals surface area (Å²) in [6, 6.07) is 1.05. The zero-order chi connectivity index (χ0) is 27.3. The van der Waals surface area contributed by atoms with Gasteiger partial charge in [0.05, 0.1) is 19.3 Å². The van der Waals surface area contributed by atoms with Gasteiger partial charge < -0.3 is 25.0 Å². The molecule has 2 rings (SSSR count). The van der Waals surface area contributed by atoms with E-state index in [1.165, 1.54) is 11.8 Å². The van der Waals surface area contributed by atoms with Crippen LogP contribution in [-0.4, -0.2) is 51.6 Å². The highest BCUT2D eigenvalue weighted by Crippen LogP contribution is 2.47. The van der Waals surface area contributed by atoms with Gasteiger partial charge in [-0.1, -0.05) is 27.7 Å². The summed E-state index contributed by atoms with van der Waals surface area (Å²) in [6.45, 7) is 15.2. The minimum absolute atomic E-state index is 0.0610. The topological polar surface area (TPSA) is 117 Å². The Hall–Kier alpha value is -2.20. The Balaban J connectivity index is 2.60. The van der Waals surface area contributed by atoms with Crippen LogP contribution in [-0.2, 0) is 20.1 Å². The third kappa shape index (κ3) is 6.97. The monoisotopic (exact) mass is 538 g/mol. The number of rotatable bonds is 6. The number of carbonyl (C=O) groups is 3. The molecule has 1 aliphatic rings. The van der Waals surface area contributed by atoms with Gasteiger partial charge >= 0.3 is 5.97 Å². The maximum Gasteiger partial charge on any atom is 0.338 e. The molecule has 8 nitrogen and oxygen atoms in total. The van der Waals surface area contributed by atoms with Crippen LogP contribution in [0, 0.1) is 12.8 Å². The van der Waals surface area contributed by atoms with E-state index in [0.29, 0.717) is 52.7 Å². The van der Waals surface area contributed by atoms with Crippen molar-refractivity contribution >= 4 is 37.9 Å². The second-order valence-electron chi connectivity index (χ2n) is 10.7. The first kappa shape index (κ1) is 30.0. The number of hydrogen-bond acceptors (Lipinski definition) is 7. The van der Waals surface area contributed by atoms with E-state index in [0.717, 1.165) is 0 Å². The smallest absolute Gasteiger partial charge is 0.338 e. The SMILES string of the molecule is COc1cc(O[Si](C)(C)C(C)(C)C(C)C)c2c(c1C)C(=O)OCCCCC(=O)N[C@H](C(N)=O)CSC2. The number of methoxy groups -OCH3 is 1. The summed E-state index contributed by atoms with van der Waals surface area (Å²) < 4.78 is 18.1. The lowest BCUT2D eigenvalue weighted by Crippen LogP contribution is -2.48. The second-order valence-corrected chi connectivity index (χ2v) is 16.2. The van der Waals surface area contributed by atoms with E-state index in [1.54, 1.807) is 7.11 Å². The summed E-state index contributed by atoms with van der Waals surface area (Å²) in [4.78, 5) is 37.6. The number of nitrogens with one attached hydrogen (secondary N) is 1. The maximum atomic E-state index is 13.3. The van der Waals surface area contributed by atoms with Gasteiger partial charge in [0.2, 0.25) is 11.8 Å². The molecule has 0 unspecified atom stereocenters. The number of fused-ring (bicyclic) bond motifs is 1. The van der Waals surface area contributed by atoms with Gasteiger partial charge in [-0.05, 0) is 43.8 Å². The number of benzene rings is 1. The number of ether oxygens (including phenoxy) is 2. The van der Waals surface area contributed by atoms with Crippen LogP contribution in [0.1, 0.15) is 68.4 Å². The summed E-state index contributed by atoms with van der Waals surface area (Å²) in [5.74, 6) is 0.917. The van der Waals surface area contributed by atoms with Crippen molar-refractivity contribution < 1.29 is 28.3 Å². The molecular formula is C26H42N2O6SSi. The van der Waals surface area contributed by atoms with Crippen LogP contribution >= 0.6 is 11.8 Å². The van der Waals surface area contributed by atoms with E-state index >= 15 is 0 Å². The van der Waals surface area contributed by atoms with Crippen LogP contribution in [0.4, 0.5) is 0 Å². The standard InChI is InChI=1S/C26H42N2O6SSi/c1-16(2)26(4,5)36(7,8)34-21-13-20(32-6)17(3)23-18(21)14-35-15-19(24(27)30)28-22(29)11-9-10-12-33-25(23)31/h13,16,19H,9-12,14-15H2,1-8H3,(H2,27,30)(H,28,29)/t19-/m0/s1. The molecule has 0 saturated heterocycles. The first-order chi connectivity index (χ1) is 16.7. The third-order valence-corrected chi connectivity index (χ3v) is 13.1. The molecule has 1 atom stereocenters. The lowest BCUT2D eigenvalue weighted by atomic mass is 9.99. The Morgan fingerprint density at radius 3 is 2.50 bits per heavy atom. The molecule has 2 amide bonds. The van der Waals surface area contributed by atoms with Gasteiger partial charge in [-0.2, -0.15) is 11.8 Å². The molecule has 202 valence electrons. The van der Waals surface area contributed by atoms with Crippen LogP contribution in [0.2, 0.25) is 18.1 Å². The number of thioether (sulfide) groups is 1. The van der Waals surface area contributed by atoms with E-state index in [-0.39, 0.29) is 29.7 Å². The molecule has 0 fully saturated rings. The lowest BCUT2D eigenvalue weighted by Gasteiger charge is -2.43. The molecule has 0 aromatic heterocycles. The fourth-order valence-electron chi connectivity index (χ4n) is 3.98. The lowest BCUT2D eigenvalue weighted by molar-refractivity contribution is -0.126. The number of cyclic esters (lactones) is 1. The van der Waals surface area contributed by atoms with Gasteiger partial charge in [0.15, 0.2) is 0 Å². The van der Waals surface area contributed by atoms with Gasteiger partial charge in [-0.3, -0.25) is 9.59 Å². The largest absolute Gasteiger partial charge is 0.543 e. The Morgan fingerprint density at radius 1 is 1.25 bits per heavy atom. The summed E-state index contributed by atoms with van der Waals surface area (Å²) in [5.41, 5.74) is 7.37. The second kappa shape index (κ2) is 12.4. The number of hydrogen-bond donors (Lipinski definition) is 2. The van der Waals surface area contributed by atoms with E-state index in [1.807, 2.05) is 13.0 Å². The van der Waals surface area contributed by atoms with Gasteiger partial charge in [0.1, 0.15) is 17.5 Å². The molecule has 0 aliphatic carbocycles. The van der Waals surface area contributed by atoms with Crippen molar-refractivity contribution in [1.29, 1.82) is 0 Å². The predicted octanol–water partition coefficient (Wildman–Crippen LogP) is 4.57. The fourth-order valence-corrected chi connectivity index (χ4v) is 7.45. The molecule has 10 heteroatoms. The third-order valence-electron chi connectivity index (χ3n) is 7.63. The maximum absolute atomic E-state index is 13.3. The van der Waals surface area contributed by atoms with Crippen molar-refractivity contribution in [2.24, 2.45) is 11.7 Å². The zero-order valence-electron chi connectivity index (χ0n) is 22.9. The van der Waals surface area contributed by atoms with Gasteiger partial charge in [-0.15, -0.1) is 0 Å². The Morgan fingerprint density at radius 2 is 1.92 bits per heavy atom. The van der Waals surface area contributed by atoms with Crippen molar-refractivity contribution in [2.75, 3.05) is 19.5 Å². The molecule has 1 heterocycles. The molecule has 0 radical (unpaired) electrons. The van der Waals surface area contributed by atoms with Gasteiger partial charge in [0.25, 0.3) is 8.32 Å². The van der Waals surface area contributed by atoms with Crippen LogP contribution < -0.4 is 20.2 Å². The molecule has 0 saturated carbocycles. The average Bonchev–Trinajstić information content (AvgIpc) is 2.78. The first-order valence-electron chi connectivity index (χ1n) is 12.5. The molecule has 0 bridgehead atoms.